The zero-order valence-electron chi connectivity index (χ0n) is 9.93. The maximum Gasteiger partial charge on any atom is 0.287 e. The van der Waals surface area contributed by atoms with E-state index in [2.05, 4.69) is 5.32 Å². The quantitative estimate of drug-likeness (QED) is 0.684. The summed E-state index contributed by atoms with van der Waals surface area (Å²) in [6.45, 7) is 0. The van der Waals surface area contributed by atoms with Gasteiger partial charge in [-0.25, -0.2) is 4.39 Å². The minimum Gasteiger partial charge on any atom is -0.355 e. The van der Waals surface area contributed by atoms with Gasteiger partial charge in [0.15, 0.2) is 0 Å². The maximum atomic E-state index is 13.2. The molecule has 2 rings (SSSR count). The highest BCUT2D eigenvalue weighted by Gasteiger charge is 2.13. The Kier molecular flexibility index (Phi) is 3.82. The van der Waals surface area contributed by atoms with E-state index >= 15 is 0 Å². The second kappa shape index (κ2) is 5.55. The molecule has 0 aliphatic heterocycles. The lowest BCUT2D eigenvalue weighted by Gasteiger charge is -2.07. The van der Waals surface area contributed by atoms with E-state index in [-0.39, 0.29) is 16.3 Å². The molecular formula is C13H7ClFN3O2. The van der Waals surface area contributed by atoms with Crippen LogP contribution in [0, 0.1) is 27.3 Å². The van der Waals surface area contributed by atoms with Gasteiger partial charge in [-0.3, -0.25) is 10.1 Å². The lowest BCUT2D eigenvalue weighted by Crippen LogP contribution is -1.96. The third-order valence-corrected chi connectivity index (χ3v) is 2.68. The van der Waals surface area contributed by atoms with Crippen LogP contribution in [0.4, 0.5) is 21.5 Å². The summed E-state index contributed by atoms with van der Waals surface area (Å²) in [4.78, 5) is 10.1. The van der Waals surface area contributed by atoms with Crippen molar-refractivity contribution in [3.63, 3.8) is 0 Å². The number of nitro benzene ring substituents is 1. The van der Waals surface area contributed by atoms with Crippen molar-refractivity contribution >= 4 is 28.7 Å². The van der Waals surface area contributed by atoms with Crippen LogP contribution >= 0.6 is 11.6 Å². The smallest absolute Gasteiger partial charge is 0.287 e. The van der Waals surface area contributed by atoms with Gasteiger partial charge >= 0.3 is 0 Å². The number of hydrogen-bond donors (Lipinski definition) is 1. The topological polar surface area (TPSA) is 79.0 Å². The van der Waals surface area contributed by atoms with Crippen LogP contribution in [-0.4, -0.2) is 4.92 Å². The Hall–Kier alpha value is -2.65. The van der Waals surface area contributed by atoms with Crippen LogP contribution in [0.1, 0.15) is 5.56 Å². The second-order valence-corrected chi connectivity index (χ2v) is 4.32. The molecule has 0 unspecified atom stereocenters. The van der Waals surface area contributed by atoms with Crippen molar-refractivity contribution in [1.82, 2.24) is 0 Å². The highest BCUT2D eigenvalue weighted by Crippen LogP contribution is 2.26. The average molecular weight is 292 g/mol. The number of anilines is 2. The van der Waals surface area contributed by atoms with Gasteiger partial charge in [-0.1, -0.05) is 11.6 Å². The van der Waals surface area contributed by atoms with E-state index in [9.17, 15) is 14.5 Å². The van der Waals surface area contributed by atoms with Gasteiger partial charge in [0, 0.05) is 22.5 Å². The minimum absolute atomic E-state index is 0.0810. The van der Waals surface area contributed by atoms with E-state index in [1.807, 2.05) is 0 Å². The number of hydrogen-bond acceptors (Lipinski definition) is 4. The predicted octanol–water partition coefficient (Wildman–Crippen LogP) is 4.00. The molecule has 0 radical (unpaired) electrons. The van der Waals surface area contributed by atoms with Gasteiger partial charge in [0.1, 0.15) is 17.4 Å². The van der Waals surface area contributed by atoms with Crippen LogP contribution in [0.25, 0.3) is 0 Å². The molecule has 100 valence electrons. The van der Waals surface area contributed by atoms with E-state index in [1.165, 1.54) is 30.3 Å². The lowest BCUT2D eigenvalue weighted by molar-refractivity contribution is -0.385. The fourth-order valence-corrected chi connectivity index (χ4v) is 1.88. The van der Waals surface area contributed by atoms with Crippen LogP contribution in [0.2, 0.25) is 5.02 Å². The first-order chi connectivity index (χ1) is 9.49. The molecule has 0 saturated carbocycles. The van der Waals surface area contributed by atoms with E-state index < -0.39 is 10.7 Å². The first kappa shape index (κ1) is 13.8. The van der Waals surface area contributed by atoms with E-state index in [1.54, 1.807) is 6.07 Å². The highest BCUT2D eigenvalue weighted by atomic mass is 35.5. The molecule has 0 aromatic heterocycles. The van der Waals surface area contributed by atoms with Crippen LogP contribution in [0.3, 0.4) is 0 Å². The Morgan fingerprint density at radius 2 is 2.00 bits per heavy atom. The normalized spacial score (nSPS) is 9.85. The standard InChI is InChI=1S/C13H7ClFN3O2/c14-9-4-10(15)6-12(5-9)17-11-1-2-13(18(19)20)8(3-11)7-16/h1-6,17H. The molecule has 0 saturated heterocycles. The fourth-order valence-electron chi connectivity index (χ4n) is 1.66. The Bertz CT molecular complexity index is 708. The summed E-state index contributed by atoms with van der Waals surface area (Å²) in [6.07, 6.45) is 0. The third kappa shape index (κ3) is 3.02. The van der Waals surface area contributed by atoms with Crippen molar-refractivity contribution < 1.29 is 9.31 Å². The molecule has 5 nitrogen and oxygen atoms in total. The number of nitrogens with one attached hydrogen (secondary N) is 1. The fraction of sp³-hybridized carbons (Fsp3) is 0. The van der Waals surface area contributed by atoms with Crippen molar-refractivity contribution in [2.45, 2.75) is 0 Å². The van der Waals surface area contributed by atoms with Crippen molar-refractivity contribution in [1.29, 1.82) is 5.26 Å². The molecular weight excluding hydrogens is 285 g/mol. The molecule has 0 aliphatic rings. The predicted molar refractivity (Wildman–Crippen MR) is 72.5 cm³/mol. The average Bonchev–Trinajstić information content (AvgIpc) is 2.37. The van der Waals surface area contributed by atoms with Gasteiger partial charge in [0.2, 0.25) is 0 Å². The van der Waals surface area contributed by atoms with E-state index in [0.29, 0.717) is 11.4 Å². The summed E-state index contributed by atoms with van der Waals surface area (Å²) in [5.41, 5.74) is 0.444. The van der Waals surface area contributed by atoms with Gasteiger partial charge in [-0.05, 0) is 30.3 Å². The molecule has 2 aromatic carbocycles. The van der Waals surface area contributed by atoms with Crippen LogP contribution in [-0.2, 0) is 0 Å². The Morgan fingerprint density at radius 3 is 2.60 bits per heavy atom. The molecule has 0 spiro atoms. The third-order valence-electron chi connectivity index (χ3n) is 2.46. The first-order valence-corrected chi connectivity index (χ1v) is 5.79. The van der Waals surface area contributed by atoms with E-state index in [0.717, 1.165) is 6.07 Å². The number of nitrogens with zero attached hydrogens (tertiary/aromatic N) is 2. The molecule has 1 N–H and O–H groups in total. The van der Waals surface area contributed by atoms with Gasteiger partial charge in [0.05, 0.1) is 4.92 Å². The summed E-state index contributed by atoms with van der Waals surface area (Å²) in [5, 5.41) is 22.6. The summed E-state index contributed by atoms with van der Waals surface area (Å²) in [5.74, 6) is -0.512. The lowest BCUT2D eigenvalue weighted by atomic mass is 10.1. The van der Waals surface area contributed by atoms with Gasteiger partial charge < -0.3 is 5.32 Å². The second-order valence-electron chi connectivity index (χ2n) is 3.88. The van der Waals surface area contributed by atoms with Crippen molar-refractivity contribution in [2.24, 2.45) is 0 Å². The van der Waals surface area contributed by atoms with Crippen molar-refractivity contribution in [3.05, 3.63) is 62.9 Å². The molecule has 0 amide bonds. The highest BCUT2D eigenvalue weighted by molar-refractivity contribution is 6.30. The molecule has 0 aliphatic carbocycles. The van der Waals surface area contributed by atoms with Gasteiger partial charge in [-0.2, -0.15) is 5.26 Å². The van der Waals surface area contributed by atoms with Gasteiger partial charge in [-0.15, -0.1) is 0 Å². The zero-order valence-corrected chi connectivity index (χ0v) is 10.7. The summed E-state index contributed by atoms with van der Waals surface area (Å²) in [6, 6.07) is 9.57. The number of rotatable bonds is 3. The molecule has 0 bridgehead atoms. The zero-order chi connectivity index (χ0) is 14.7. The molecule has 0 fully saturated rings. The monoisotopic (exact) mass is 291 g/mol. The van der Waals surface area contributed by atoms with Crippen LogP contribution in [0.5, 0.6) is 0 Å². The number of benzene rings is 2. The summed E-state index contributed by atoms with van der Waals surface area (Å²) < 4.78 is 13.2. The number of halogens is 2. The molecule has 7 heteroatoms. The van der Waals surface area contributed by atoms with Crippen LogP contribution in [0.15, 0.2) is 36.4 Å². The maximum absolute atomic E-state index is 13.2. The molecule has 0 atom stereocenters. The minimum atomic E-state index is -0.638. The number of nitriles is 1. The van der Waals surface area contributed by atoms with Crippen LogP contribution < -0.4 is 5.32 Å². The Balaban J connectivity index is 2.35. The SMILES string of the molecule is N#Cc1cc(Nc2cc(F)cc(Cl)c2)ccc1[N+](=O)[O-]. The molecule has 2 aromatic rings. The first-order valence-electron chi connectivity index (χ1n) is 5.41. The molecule has 20 heavy (non-hydrogen) atoms. The number of nitro groups is 1. The Labute approximate surface area is 118 Å². The van der Waals surface area contributed by atoms with Gasteiger partial charge in [0.25, 0.3) is 5.69 Å². The van der Waals surface area contributed by atoms with Crippen molar-refractivity contribution in [2.75, 3.05) is 5.32 Å². The van der Waals surface area contributed by atoms with E-state index in [4.69, 9.17) is 16.9 Å². The molecule has 0 heterocycles. The largest absolute Gasteiger partial charge is 0.355 e. The summed E-state index contributed by atoms with van der Waals surface area (Å²) in [7, 11) is 0. The summed E-state index contributed by atoms with van der Waals surface area (Å²) >= 11 is 5.72. The van der Waals surface area contributed by atoms with Crippen molar-refractivity contribution in [3.8, 4) is 6.07 Å². The Morgan fingerprint density at radius 1 is 1.25 bits per heavy atom.